The van der Waals surface area contributed by atoms with Gasteiger partial charge in [-0.2, -0.15) is 0 Å². The van der Waals surface area contributed by atoms with Gasteiger partial charge in [-0.25, -0.2) is 9.59 Å². The second-order valence-corrected chi connectivity index (χ2v) is 4.93. The van der Waals surface area contributed by atoms with E-state index in [1.165, 1.54) is 12.1 Å². The predicted molar refractivity (Wildman–Crippen MR) is 79.6 cm³/mol. The molecule has 3 amide bonds. The number of carbonyl (C=O) groups excluding carboxylic acids is 3. The fourth-order valence-corrected chi connectivity index (χ4v) is 1.55. The molecule has 3 N–H and O–H groups in total. The largest absolute Gasteiger partial charge is 0.507 e. The van der Waals surface area contributed by atoms with Gasteiger partial charge in [-0.1, -0.05) is 13.0 Å². The maximum Gasteiger partial charge on any atom is 0.342 e. The van der Waals surface area contributed by atoms with Crippen LogP contribution in [0.15, 0.2) is 18.2 Å². The molecule has 0 aliphatic carbocycles. The highest BCUT2D eigenvalue weighted by atomic mass is 16.5. The van der Waals surface area contributed by atoms with E-state index in [1.807, 2.05) is 12.2 Å². The molecule has 0 saturated heterocycles. The van der Waals surface area contributed by atoms with Crippen LogP contribution in [0.2, 0.25) is 0 Å². The summed E-state index contributed by atoms with van der Waals surface area (Å²) in [6, 6.07) is 3.74. The molecular weight excluding hydrogens is 288 g/mol. The normalized spacial score (nSPS) is 11.4. The van der Waals surface area contributed by atoms with Crippen molar-refractivity contribution in [2.24, 2.45) is 0 Å². The fraction of sp³-hybridized carbons (Fsp3) is 0.400. The Labute approximate surface area is 128 Å². The number of amides is 3. The van der Waals surface area contributed by atoms with Gasteiger partial charge in [0.15, 0.2) is 6.61 Å². The summed E-state index contributed by atoms with van der Waals surface area (Å²) in [5.74, 6) is -1.81. The molecule has 0 spiro atoms. The Morgan fingerprint density at radius 2 is 2.00 bits per heavy atom. The molecule has 1 rings (SSSR count). The number of ether oxygens (including phenoxy) is 1. The summed E-state index contributed by atoms with van der Waals surface area (Å²) < 4.78 is 4.75. The summed E-state index contributed by atoms with van der Waals surface area (Å²) >= 11 is 0. The molecule has 120 valence electrons. The Bertz CT molecular complexity index is 571. The van der Waals surface area contributed by atoms with Crippen LogP contribution >= 0.6 is 0 Å². The fourth-order valence-electron chi connectivity index (χ4n) is 1.55. The molecular formula is C15H20N2O5. The van der Waals surface area contributed by atoms with E-state index in [-0.39, 0.29) is 17.4 Å². The summed E-state index contributed by atoms with van der Waals surface area (Å²) in [5, 5.41) is 14.2. The molecule has 0 aliphatic rings. The van der Waals surface area contributed by atoms with Crippen molar-refractivity contribution in [1.29, 1.82) is 0 Å². The predicted octanol–water partition coefficient (Wildman–Crippen LogP) is 1.48. The van der Waals surface area contributed by atoms with Gasteiger partial charge in [0.05, 0.1) is 0 Å². The molecule has 0 heterocycles. The van der Waals surface area contributed by atoms with E-state index in [4.69, 9.17) is 4.74 Å². The SMILES string of the molecule is CC[C@@H](C)NC(=O)NC(=O)COC(=O)c1ccc(C)cc1O. The highest BCUT2D eigenvalue weighted by Crippen LogP contribution is 2.19. The minimum absolute atomic E-state index is 0.0394. The van der Waals surface area contributed by atoms with E-state index in [9.17, 15) is 19.5 Å². The first kappa shape index (κ1) is 17.5. The van der Waals surface area contributed by atoms with Crippen LogP contribution in [-0.2, 0) is 9.53 Å². The van der Waals surface area contributed by atoms with Crippen LogP contribution in [0.4, 0.5) is 4.79 Å². The number of carbonyl (C=O) groups is 3. The zero-order chi connectivity index (χ0) is 16.7. The van der Waals surface area contributed by atoms with Crippen molar-refractivity contribution in [1.82, 2.24) is 10.6 Å². The average Bonchev–Trinajstić information content (AvgIpc) is 2.44. The van der Waals surface area contributed by atoms with Crippen molar-refractivity contribution >= 4 is 17.9 Å². The smallest absolute Gasteiger partial charge is 0.342 e. The monoisotopic (exact) mass is 308 g/mol. The molecule has 7 nitrogen and oxygen atoms in total. The zero-order valence-electron chi connectivity index (χ0n) is 12.8. The number of benzene rings is 1. The van der Waals surface area contributed by atoms with Gasteiger partial charge in [0.1, 0.15) is 11.3 Å². The molecule has 0 bridgehead atoms. The van der Waals surface area contributed by atoms with Gasteiger partial charge in [0.2, 0.25) is 0 Å². The second kappa shape index (κ2) is 8.02. The van der Waals surface area contributed by atoms with Crippen LogP contribution in [0.25, 0.3) is 0 Å². The van der Waals surface area contributed by atoms with Crippen LogP contribution < -0.4 is 10.6 Å². The minimum Gasteiger partial charge on any atom is -0.507 e. The number of hydrogen-bond donors (Lipinski definition) is 3. The maximum atomic E-state index is 11.7. The van der Waals surface area contributed by atoms with Crippen molar-refractivity contribution in [2.75, 3.05) is 6.61 Å². The Kier molecular flexibility index (Phi) is 6.37. The minimum atomic E-state index is -0.838. The molecule has 0 radical (unpaired) electrons. The number of aryl methyl sites for hydroxylation is 1. The highest BCUT2D eigenvalue weighted by molar-refractivity contribution is 5.97. The number of hydrogen-bond acceptors (Lipinski definition) is 5. The van der Waals surface area contributed by atoms with Crippen LogP contribution in [0, 0.1) is 6.92 Å². The second-order valence-electron chi connectivity index (χ2n) is 4.93. The number of imide groups is 1. The van der Waals surface area contributed by atoms with E-state index in [2.05, 4.69) is 5.32 Å². The van der Waals surface area contributed by atoms with E-state index in [0.29, 0.717) is 0 Å². The maximum absolute atomic E-state index is 11.7. The van der Waals surface area contributed by atoms with Crippen molar-refractivity contribution in [2.45, 2.75) is 33.2 Å². The van der Waals surface area contributed by atoms with Crippen LogP contribution in [-0.4, -0.2) is 35.7 Å². The van der Waals surface area contributed by atoms with Gasteiger partial charge in [0, 0.05) is 6.04 Å². The third kappa shape index (κ3) is 5.43. The summed E-state index contributed by atoms with van der Waals surface area (Å²) in [6.07, 6.45) is 0.725. The number of phenolic OH excluding ortho intramolecular Hbond substituents is 1. The van der Waals surface area contributed by atoms with E-state index in [1.54, 1.807) is 19.9 Å². The molecule has 7 heteroatoms. The third-order valence-electron chi connectivity index (χ3n) is 2.95. The van der Waals surface area contributed by atoms with Gasteiger partial charge in [-0.05, 0) is 38.0 Å². The topological polar surface area (TPSA) is 105 Å². The molecule has 1 aromatic carbocycles. The first-order valence-electron chi connectivity index (χ1n) is 6.90. The molecule has 1 aromatic rings. The lowest BCUT2D eigenvalue weighted by Gasteiger charge is -2.12. The molecule has 0 aliphatic heterocycles. The summed E-state index contributed by atoms with van der Waals surface area (Å²) in [5.41, 5.74) is 0.746. The van der Waals surface area contributed by atoms with Gasteiger partial charge in [0.25, 0.3) is 5.91 Å². The van der Waals surface area contributed by atoms with Gasteiger partial charge in [-0.15, -0.1) is 0 Å². The first-order valence-corrected chi connectivity index (χ1v) is 6.90. The summed E-state index contributed by atoms with van der Waals surface area (Å²) in [7, 11) is 0. The standard InChI is InChI=1S/C15H20N2O5/c1-4-10(3)16-15(21)17-13(19)8-22-14(20)11-6-5-9(2)7-12(11)18/h5-7,10,18H,4,8H2,1-3H3,(H2,16,17,19,21)/t10-/m1/s1. The summed E-state index contributed by atoms with van der Waals surface area (Å²) in [6.45, 7) is 4.84. The Hall–Kier alpha value is -2.57. The number of rotatable bonds is 5. The Morgan fingerprint density at radius 1 is 1.32 bits per heavy atom. The van der Waals surface area contributed by atoms with Crippen molar-refractivity contribution in [3.63, 3.8) is 0 Å². The van der Waals surface area contributed by atoms with Gasteiger partial charge >= 0.3 is 12.0 Å². The average molecular weight is 308 g/mol. The number of urea groups is 1. The molecule has 0 aromatic heterocycles. The van der Waals surface area contributed by atoms with E-state index < -0.39 is 24.5 Å². The van der Waals surface area contributed by atoms with Crippen LogP contribution in [0.5, 0.6) is 5.75 Å². The number of nitrogens with one attached hydrogen (secondary N) is 2. The van der Waals surface area contributed by atoms with Crippen molar-refractivity contribution < 1.29 is 24.2 Å². The van der Waals surface area contributed by atoms with E-state index >= 15 is 0 Å². The highest BCUT2D eigenvalue weighted by Gasteiger charge is 2.16. The van der Waals surface area contributed by atoms with Gasteiger partial charge in [-0.3, -0.25) is 10.1 Å². The van der Waals surface area contributed by atoms with Gasteiger partial charge < -0.3 is 15.2 Å². The third-order valence-corrected chi connectivity index (χ3v) is 2.95. The summed E-state index contributed by atoms with van der Waals surface area (Å²) in [4.78, 5) is 34.6. The number of esters is 1. The van der Waals surface area contributed by atoms with E-state index in [0.717, 1.165) is 12.0 Å². The molecule has 0 saturated carbocycles. The molecule has 22 heavy (non-hydrogen) atoms. The molecule has 1 atom stereocenters. The number of aromatic hydroxyl groups is 1. The van der Waals surface area contributed by atoms with Crippen LogP contribution in [0.1, 0.15) is 36.2 Å². The van der Waals surface area contributed by atoms with Crippen molar-refractivity contribution in [3.05, 3.63) is 29.3 Å². The lowest BCUT2D eigenvalue weighted by molar-refractivity contribution is -0.123. The quantitative estimate of drug-likeness (QED) is 0.715. The Balaban J connectivity index is 2.46. The first-order chi connectivity index (χ1) is 10.3. The molecule has 0 unspecified atom stereocenters. The van der Waals surface area contributed by atoms with Crippen LogP contribution in [0.3, 0.4) is 0 Å². The number of phenols is 1. The zero-order valence-corrected chi connectivity index (χ0v) is 12.8. The Morgan fingerprint density at radius 3 is 2.59 bits per heavy atom. The van der Waals surface area contributed by atoms with Crippen molar-refractivity contribution in [3.8, 4) is 5.75 Å². The molecule has 0 fully saturated rings. The lowest BCUT2D eigenvalue weighted by Crippen LogP contribution is -2.44. The lowest BCUT2D eigenvalue weighted by atomic mass is 10.1.